The quantitative estimate of drug-likeness (QED) is 0.776. The highest BCUT2D eigenvalue weighted by atomic mass is 32.2. The summed E-state index contributed by atoms with van der Waals surface area (Å²) in [5.41, 5.74) is 0.740. The molecule has 2 N–H and O–H groups in total. The third kappa shape index (κ3) is 5.13. The fourth-order valence-electron chi connectivity index (χ4n) is 1.34. The average Bonchev–Trinajstić information content (AvgIpc) is 2.26. The molecule has 0 amide bonds. The van der Waals surface area contributed by atoms with Gasteiger partial charge in [-0.1, -0.05) is 44.2 Å². The molecular weight excluding hydrogens is 257 g/mol. The van der Waals surface area contributed by atoms with Gasteiger partial charge in [0, 0.05) is 8.81 Å². The largest absolute Gasteiger partial charge is 0.375 e. The minimum atomic E-state index is -3.39. The van der Waals surface area contributed by atoms with Gasteiger partial charge >= 0.3 is 0 Å². The summed E-state index contributed by atoms with van der Waals surface area (Å²) in [5, 5.41) is 0. The number of sulfonamides is 1. The molecule has 0 saturated heterocycles. The van der Waals surface area contributed by atoms with E-state index in [0.29, 0.717) is 0 Å². The minimum absolute atomic E-state index is 0.0540. The van der Waals surface area contributed by atoms with Crippen LogP contribution >= 0.6 is 8.81 Å². The molecule has 2 atom stereocenters. The van der Waals surface area contributed by atoms with Crippen molar-refractivity contribution in [1.29, 1.82) is 0 Å². The number of hydrogen-bond acceptors (Lipinski definition) is 3. The number of rotatable bonds is 6. The molecule has 0 heterocycles. The smallest absolute Gasteiger partial charge is 0.216 e. The Morgan fingerprint density at radius 1 is 1.29 bits per heavy atom. The molecule has 6 heteroatoms. The molecular formula is C11H18NO3PS. The van der Waals surface area contributed by atoms with E-state index >= 15 is 0 Å². The van der Waals surface area contributed by atoms with Gasteiger partial charge in [-0.2, -0.15) is 0 Å². The van der Waals surface area contributed by atoms with Gasteiger partial charge in [-0.15, -0.1) is 0 Å². The van der Waals surface area contributed by atoms with Crippen LogP contribution in [-0.2, 0) is 15.8 Å². The zero-order valence-corrected chi connectivity index (χ0v) is 11.7. The summed E-state index contributed by atoms with van der Waals surface area (Å²) in [6.45, 7) is 3.75. The summed E-state index contributed by atoms with van der Waals surface area (Å²) in [6, 6.07) is 8.99. The van der Waals surface area contributed by atoms with E-state index in [-0.39, 0.29) is 11.7 Å². The van der Waals surface area contributed by atoms with Gasteiger partial charge in [-0.25, -0.2) is 13.1 Å². The Morgan fingerprint density at radius 2 is 1.88 bits per heavy atom. The Bertz CT molecular complexity index is 433. The van der Waals surface area contributed by atoms with Crippen molar-refractivity contribution < 1.29 is 13.3 Å². The van der Waals surface area contributed by atoms with E-state index in [4.69, 9.17) is 4.89 Å². The zero-order valence-electron chi connectivity index (χ0n) is 9.92. The highest BCUT2D eigenvalue weighted by Crippen LogP contribution is 2.20. The second-order valence-corrected chi connectivity index (χ2v) is 6.85. The monoisotopic (exact) mass is 275 g/mol. The summed E-state index contributed by atoms with van der Waals surface area (Å²) in [4.78, 5) is 9.13. The van der Waals surface area contributed by atoms with Crippen molar-refractivity contribution in [3.63, 3.8) is 0 Å². The third-order valence-electron chi connectivity index (χ3n) is 2.31. The van der Waals surface area contributed by atoms with Gasteiger partial charge in [0.15, 0.2) is 0 Å². The zero-order chi connectivity index (χ0) is 12.9. The Kier molecular flexibility index (Phi) is 5.53. The van der Waals surface area contributed by atoms with Crippen LogP contribution in [0.1, 0.15) is 19.4 Å². The first-order valence-electron chi connectivity index (χ1n) is 5.38. The molecule has 4 nitrogen and oxygen atoms in total. The summed E-state index contributed by atoms with van der Waals surface area (Å²) in [5.74, 6) is -0.380. The maximum atomic E-state index is 11.9. The first-order chi connectivity index (χ1) is 7.94. The normalized spacial score (nSPS) is 14.6. The molecule has 17 heavy (non-hydrogen) atoms. The lowest BCUT2D eigenvalue weighted by Gasteiger charge is -2.19. The van der Waals surface area contributed by atoms with Crippen LogP contribution in [0.3, 0.4) is 0 Å². The van der Waals surface area contributed by atoms with E-state index in [1.54, 1.807) is 24.3 Å². The van der Waals surface area contributed by atoms with Gasteiger partial charge in [-0.05, 0) is 11.5 Å². The predicted molar refractivity (Wildman–Crippen MR) is 71.4 cm³/mol. The van der Waals surface area contributed by atoms with E-state index in [1.165, 1.54) is 0 Å². The van der Waals surface area contributed by atoms with Gasteiger partial charge in [-0.3, -0.25) is 0 Å². The van der Waals surface area contributed by atoms with Crippen LogP contribution in [0, 0.1) is 5.92 Å². The van der Waals surface area contributed by atoms with Crippen molar-refractivity contribution in [2.45, 2.75) is 25.4 Å². The van der Waals surface area contributed by atoms with Gasteiger partial charge in [0.25, 0.3) is 0 Å². The molecule has 1 aromatic carbocycles. The molecule has 0 saturated carbocycles. The Hall–Kier alpha value is -0.480. The Balaban J connectivity index is 2.70. The molecule has 0 spiro atoms. The molecule has 0 bridgehead atoms. The van der Waals surface area contributed by atoms with Crippen LogP contribution in [-0.4, -0.2) is 19.1 Å². The molecule has 0 aliphatic heterocycles. The highest BCUT2D eigenvalue weighted by molar-refractivity contribution is 7.88. The first-order valence-corrected chi connectivity index (χ1v) is 8.06. The predicted octanol–water partition coefficient (Wildman–Crippen LogP) is 1.67. The minimum Gasteiger partial charge on any atom is -0.375 e. The molecule has 0 radical (unpaired) electrons. The van der Waals surface area contributed by atoms with Gasteiger partial charge in [0.2, 0.25) is 10.0 Å². The van der Waals surface area contributed by atoms with Crippen molar-refractivity contribution >= 4 is 18.8 Å². The van der Waals surface area contributed by atoms with E-state index in [9.17, 15) is 8.42 Å². The lowest BCUT2D eigenvalue weighted by atomic mass is 10.2. The standard InChI is InChI=1S/C11H18NO3PS/c1-9(2)11(16-13)12-17(14,15)8-10-6-4-3-5-7-10/h3-7,9,11-13,16H,8H2,1-2H3. The lowest BCUT2D eigenvalue weighted by molar-refractivity contribution is 0.515. The van der Waals surface area contributed by atoms with Crippen molar-refractivity contribution in [2.75, 3.05) is 0 Å². The molecule has 96 valence electrons. The molecule has 0 aliphatic rings. The van der Waals surface area contributed by atoms with Gasteiger partial charge in [0.05, 0.1) is 11.5 Å². The van der Waals surface area contributed by atoms with Crippen molar-refractivity contribution in [2.24, 2.45) is 5.92 Å². The Labute approximate surface area is 104 Å². The summed E-state index contributed by atoms with van der Waals surface area (Å²) in [6.07, 6.45) is 0. The SMILES string of the molecule is CC(C)C(NS(=O)(=O)Cc1ccccc1)PO. The molecule has 2 unspecified atom stereocenters. The van der Waals surface area contributed by atoms with E-state index in [0.717, 1.165) is 5.56 Å². The van der Waals surface area contributed by atoms with Crippen LogP contribution in [0.2, 0.25) is 0 Å². The summed E-state index contributed by atoms with van der Waals surface area (Å²) < 4.78 is 26.2. The average molecular weight is 275 g/mol. The van der Waals surface area contributed by atoms with Crippen molar-refractivity contribution in [1.82, 2.24) is 4.72 Å². The molecule has 0 aliphatic carbocycles. The van der Waals surface area contributed by atoms with Crippen molar-refractivity contribution in [3.8, 4) is 0 Å². The molecule has 0 aromatic heterocycles. The maximum Gasteiger partial charge on any atom is 0.216 e. The van der Waals surface area contributed by atoms with Crippen LogP contribution in [0.4, 0.5) is 0 Å². The molecule has 0 fully saturated rings. The van der Waals surface area contributed by atoms with Crippen LogP contribution in [0.25, 0.3) is 0 Å². The molecule has 1 rings (SSSR count). The first kappa shape index (κ1) is 14.6. The second kappa shape index (κ2) is 6.45. The number of nitrogens with one attached hydrogen (secondary N) is 1. The van der Waals surface area contributed by atoms with E-state index in [2.05, 4.69) is 4.72 Å². The fraction of sp³-hybridized carbons (Fsp3) is 0.455. The highest BCUT2D eigenvalue weighted by Gasteiger charge is 2.20. The van der Waals surface area contributed by atoms with Crippen LogP contribution in [0.15, 0.2) is 30.3 Å². The van der Waals surface area contributed by atoms with E-state index < -0.39 is 24.6 Å². The molecule has 1 aromatic rings. The van der Waals surface area contributed by atoms with Gasteiger partial charge in [0.1, 0.15) is 0 Å². The van der Waals surface area contributed by atoms with Crippen LogP contribution < -0.4 is 4.72 Å². The topological polar surface area (TPSA) is 66.4 Å². The summed E-state index contributed by atoms with van der Waals surface area (Å²) in [7, 11) is -3.82. The second-order valence-electron chi connectivity index (χ2n) is 4.21. The van der Waals surface area contributed by atoms with Crippen molar-refractivity contribution in [3.05, 3.63) is 35.9 Å². The lowest BCUT2D eigenvalue weighted by Crippen LogP contribution is -2.36. The van der Waals surface area contributed by atoms with E-state index in [1.807, 2.05) is 19.9 Å². The maximum absolute atomic E-state index is 11.9. The summed E-state index contributed by atoms with van der Waals surface area (Å²) >= 11 is 0. The number of hydrogen-bond donors (Lipinski definition) is 2. The van der Waals surface area contributed by atoms with Crippen LogP contribution in [0.5, 0.6) is 0 Å². The number of benzene rings is 1. The van der Waals surface area contributed by atoms with Gasteiger partial charge < -0.3 is 4.89 Å². The fourth-order valence-corrected chi connectivity index (χ4v) is 3.76. The Morgan fingerprint density at radius 3 is 2.35 bits per heavy atom. The third-order valence-corrected chi connectivity index (χ3v) is 4.94.